The van der Waals surface area contributed by atoms with Crippen LogP contribution in [0.1, 0.15) is 76.8 Å². The van der Waals surface area contributed by atoms with Crippen molar-refractivity contribution in [2.45, 2.75) is 78.4 Å². The minimum absolute atomic E-state index is 0.0588. The maximum atomic E-state index is 14.5. The number of nitrogens with zero attached hydrogens (tertiary/aromatic N) is 3. The molecule has 2 atom stereocenters. The van der Waals surface area contributed by atoms with E-state index in [0.29, 0.717) is 41.5 Å². The average Bonchev–Trinajstić information content (AvgIpc) is 3.36. The molecule has 7 nitrogen and oxygen atoms in total. The highest BCUT2D eigenvalue weighted by Gasteiger charge is 2.44. The third-order valence-corrected chi connectivity index (χ3v) is 6.82. The molecule has 0 radical (unpaired) electrons. The molecule has 1 aromatic heterocycles. The lowest BCUT2D eigenvalue weighted by atomic mass is 9.91. The zero-order valence-electron chi connectivity index (χ0n) is 21.6. The number of rotatable bonds is 9. The summed E-state index contributed by atoms with van der Waals surface area (Å²) in [6.07, 6.45) is 3.48. The van der Waals surface area contributed by atoms with Crippen LogP contribution < -0.4 is 4.90 Å². The van der Waals surface area contributed by atoms with Crippen LogP contribution in [0.15, 0.2) is 22.7 Å². The number of hydrogen-bond acceptors (Lipinski definition) is 7. The number of halogens is 1. The maximum absolute atomic E-state index is 14.5. The second-order valence-corrected chi connectivity index (χ2v) is 11.3. The molecule has 0 spiro atoms. The predicted octanol–water partition coefficient (Wildman–Crippen LogP) is 5.29. The molecule has 0 amide bonds. The summed E-state index contributed by atoms with van der Waals surface area (Å²) in [5.74, 6) is 2.26. The van der Waals surface area contributed by atoms with E-state index in [1.54, 1.807) is 12.1 Å². The van der Waals surface area contributed by atoms with Gasteiger partial charge >= 0.3 is 12.0 Å². The van der Waals surface area contributed by atoms with E-state index in [-0.39, 0.29) is 30.7 Å². The third kappa shape index (κ3) is 7.03. The van der Waals surface area contributed by atoms with Crippen LogP contribution in [0.2, 0.25) is 0 Å². The number of benzene rings is 1. The number of esters is 1. The first kappa shape index (κ1) is 25.6. The monoisotopic (exact) mass is 487 g/mol. The molecule has 2 aromatic rings. The Hall–Kier alpha value is -2.48. The van der Waals surface area contributed by atoms with Gasteiger partial charge in [-0.3, -0.25) is 4.79 Å². The van der Waals surface area contributed by atoms with Gasteiger partial charge in [0.2, 0.25) is 0 Å². The molecule has 2 fully saturated rings. The highest BCUT2D eigenvalue weighted by molar-refractivity contribution is 5.73. The Bertz CT molecular complexity index is 1010. The molecule has 1 aromatic carbocycles. The molecule has 0 N–H and O–H groups in total. The molecule has 4 rings (SSSR count). The second kappa shape index (κ2) is 10.6. The predicted molar refractivity (Wildman–Crippen MR) is 131 cm³/mol. The topological polar surface area (TPSA) is 77.7 Å². The van der Waals surface area contributed by atoms with Crippen LogP contribution >= 0.6 is 0 Å². The Morgan fingerprint density at radius 1 is 1.26 bits per heavy atom. The van der Waals surface area contributed by atoms with E-state index in [4.69, 9.17) is 14.0 Å². The zero-order chi connectivity index (χ0) is 25.2. The first-order chi connectivity index (χ1) is 16.6. The van der Waals surface area contributed by atoms with E-state index >= 15 is 0 Å². The lowest BCUT2D eigenvalue weighted by molar-refractivity contribution is -0.153. The van der Waals surface area contributed by atoms with Crippen LogP contribution in [0.5, 0.6) is 0 Å². The van der Waals surface area contributed by atoms with Crippen molar-refractivity contribution in [1.29, 1.82) is 0 Å². The van der Waals surface area contributed by atoms with Gasteiger partial charge in [-0.05, 0) is 69.4 Å². The van der Waals surface area contributed by atoms with Gasteiger partial charge < -0.3 is 18.9 Å². The smallest absolute Gasteiger partial charge is 0.324 e. The molecule has 1 saturated heterocycles. The molecule has 1 aliphatic carbocycles. The van der Waals surface area contributed by atoms with Crippen molar-refractivity contribution in [3.8, 4) is 0 Å². The molecular formula is C27H38FN3O4. The lowest BCUT2D eigenvalue weighted by Crippen LogP contribution is -2.34. The minimum Gasteiger partial charge on any atom is -0.460 e. The molecular weight excluding hydrogens is 449 g/mol. The fraction of sp³-hybridized carbons (Fsp3) is 0.667. The summed E-state index contributed by atoms with van der Waals surface area (Å²) in [5, 5.41) is 4.07. The summed E-state index contributed by atoms with van der Waals surface area (Å²) in [6, 6.07) is 5.52. The van der Waals surface area contributed by atoms with Crippen LogP contribution in [0.25, 0.3) is 0 Å². The zero-order valence-corrected chi connectivity index (χ0v) is 21.6. The summed E-state index contributed by atoms with van der Waals surface area (Å²) in [6.45, 7) is 12.4. The van der Waals surface area contributed by atoms with Gasteiger partial charge in [0.25, 0.3) is 0 Å². The molecule has 1 aliphatic heterocycles. The molecule has 0 bridgehead atoms. The van der Waals surface area contributed by atoms with E-state index in [0.717, 1.165) is 31.8 Å². The van der Waals surface area contributed by atoms with Crippen molar-refractivity contribution < 1.29 is 23.2 Å². The van der Waals surface area contributed by atoms with E-state index in [1.807, 2.05) is 20.8 Å². The third-order valence-electron chi connectivity index (χ3n) is 6.82. The molecule has 2 aliphatic rings. The van der Waals surface area contributed by atoms with Crippen LogP contribution in [-0.2, 0) is 27.3 Å². The fourth-order valence-corrected chi connectivity index (χ4v) is 4.83. The van der Waals surface area contributed by atoms with Crippen LogP contribution in [-0.4, -0.2) is 41.4 Å². The molecule has 35 heavy (non-hydrogen) atoms. The number of carbonyl (C=O) groups excluding carboxylic acids is 1. The first-order valence-electron chi connectivity index (χ1n) is 12.7. The molecule has 2 heterocycles. The molecule has 0 unspecified atom stereocenters. The number of anilines is 1. The molecule has 192 valence electrons. The number of hydrogen-bond donors (Lipinski definition) is 0. The highest BCUT2D eigenvalue weighted by atomic mass is 19.1. The summed E-state index contributed by atoms with van der Waals surface area (Å²) in [7, 11) is 0. The van der Waals surface area contributed by atoms with Gasteiger partial charge in [-0.1, -0.05) is 31.1 Å². The van der Waals surface area contributed by atoms with Crippen LogP contribution in [0, 0.1) is 23.6 Å². The van der Waals surface area contributed by atoms with Gasteiger partial charge in [0, 0.05) is 24.6 Å². The van der Waals surface area contributed by atoms with Crippen molar-refractivity contribution in [1.82, 2.24) is 10.1 Å². The van der Waals surface area contributed by atoms with E-state index in [1.165, 1.54) is 12.5 Å². The molecule has 1 saturated carbocycles. The van der Waals surface area contributed by atoms with Gasteiger partial charge in [0.15, 0.2) is 5.82 Å². The quantitative estimate of drug-likeness (QED) is 0.445. The van der Waals surface area contributed by atoms with Crippen molar-refractivity contribution in [3.63, 3.8) is 0 Å². The van der Waals surface area contributed by atoms with Crippen LogP contribution in [0.4, 0.5) is 10.4 Å². The maximum Gasteiger partial charge on any atom is 0.324 e. The Morgan fingerprint density at radius 2 is 2.00 bits per heavy atom. The summed E-state index contributed by atoms with van der Waals surface area (Å²) >= 11 is 0. The second-order valence-electron chi connectivity index (χ2n) is 11.3. The van der Waals surface area contributed by atoms with Crippen molar-refractivity contribution in [2.75, 3.05) is 24.6 Å². The van der Waals surface area contributed by atoms with Gasteiger partial charge in [-0.15, -0.1) is 0 Å². The van der Waals surface area contributed by atoms with Gasteiger partial charge in [0.1, 0.15) is 11.4 Å². The number of ether oxygens (including phenoxy) is 2. The van der Waals surface area contributed by atoms with E-state index < -0.39 is 5.60 Å². The van der Waals surface area contributed by atoms with E-state index in [9.17, 15) is 9.18 Å². The number of aromatic nitrogens is 2. The summed E-state index contributed by atoms with van der Waals surface area (Å²) < 4.78 is 31.1. The normalized spacial score (nSPS) is 20.9. The lowest BCUT2D eigenvalue weighted by Gasteiger charge is -2.30. The van der Waals surface area contributed by atoms with Crippen molar-refractivity contribution in [2.24, 2.45) is 17.8 Å². The van der Waals surface area contributed by atoms with Crippen molar-refractivity contribution in [3.05, 3.63) is 41.0 Å². The van der Waals surface area contributed by atoms with E-state index in [2.05, 4.69) is 28.9 Å². The first-order valence-corrected chi connectivity index (χ1v) is 12.7. The van der Waals surface area contributed by atoms with Crippen molar-refractivity contribution >= 4 is 12.0 Å². The highest BCUT2D eigenvalue weighted by Crippen LogP contribution is 2.48. The standard InChI is InChI=1S/C27H38FN3O4/c1-17(2)25-29-26(35-30-25)31-10-8-19(9-11-31)22-14-21(22)16-33-15-20-7-6-18(12-23(20)28)13-24(32)34-27(3,4)5/h6-7,12,17,19,21-22H,8-11,13-16H2,1-5H3/t21-,22+/m0/s1. The van der Waals surface area contributed by atoms with Gasteiger partial charge in [-0.25, -0.2) is 4.39 Å². The Balaban J connectivity index is 1.16. The van der Waals surface area contributed by atoms with Crippen LogP contribution in [0.3, 0.4) is 0 Å². The SMILES string of the molecule is CC(C)c1noc(N2CCC([C@H]3C[C@H]3COCc3ccc(CC(=O)OC(C)(C)C)cc3F)CC2)n1. The number of carbonyl (C=O) groups is 1. The fourth-order valence-electron chi connectivity index (χ4n) is 4.83. The Kier molecular flexibility index (Phi) is 7.79. The number of piperidine rings is 1. The largest absolute Gasteiger partial charge is 0.460 e. The summed E-state index contributed by atoms with van der Waals surface area (Å²) in [5.41, 5.74) is 0.575. The average molecular weight is 488 g/mol. The van der Waals surface area contributed by atoms with Gasteiger partial charge in [0.05, 0.1) is 19.6 Å². The Morgan fingerprint density at radius 3 is 2.63 bits per heavy atom. The van der Waals surface area contributed by atoms with Gasteiger partial charge in [-0.2, -0.15) is 4.98 Å². The molecule has 8 heteroatoms. The Labute approximate surface area is 207 Å². The summed E-state index contributed by atoms with van der Waals surface area (Å²) in [4.78, 5) is 18.7. The minimum atomic E-state index is -0.549.